The Morgan fingerprint density at radius 3 is 2.65 bits per heavy atom. The molecule has 3 aromatic rings. The van der Waals surface area contributed by atoms with Gasteiger partial charge < -0.3 is 10.2 Å². The molecule has 1 saturated heterocycles. The SMILES string of the molecule is Cc1cnc(CNC(=O)c2sc(N3CCN(Cc4ccc(F)cc4)C3=O)cc2C)cn1. The van der Waals surface area contributed by atoms with Crippen LogP contribution in [0.1, 0.15) is 32.2 Å². The maximum Gasteiger partial charge on any atom is 0.325 e. The van der Waals surface area contributed by atoms with E-state index in [2.05, 4.69) is 15.3 Å². The fraction of sp³-hybridized carbons (Fsp3) is 0.273. The van der Waals surface area contributed by atoms with Crippen LogP contribution in [0.15, 0.2) is 42.7 Å². The van der Waals surface area contributed by atoms with Crippen molar-refractivity contribution in [3.63, 3.8) is 0 Å². The number of hydrogen-bond acceptors (Lipinski definition) is 5. The molecule has 7 nitrogen and oxygen atoms in total. The Kier molecular flexibility index (Phi) is 5.94. The van der Waals surface area contributed by atoms with Gasteiger partial charge >= 0.3 is 6.03 Å². The quantitative estimate of drug-likeness (QED) is 0.636. The zero-order valence-electron chi connectivity index (χ0n) is 17.3. The molecule has 1 aliphatic rings. The van der Waals surface area contributed by atoms with Crippen LogP contribution in [0.5, 0.6) is 0 Å². The van der Waals surface area contributed by atoms with Gasteiger partial charge in [-0.3, -0.25) is 19.7 Å². The second-order valence-corrected chi connectivity index (χ2v) is 8.44. The molecule has 3 heterocycles. The molecule has 0 radical (unpaired) electrons. The van der Waals surface area contributed by atoms with E-state index in [1.54, 1.807) is 34.3 Å². The number of halogens is 1. The topological polar surface area (TPSA) is 78.4 Å². The fourth-order valence-corrected chi connectivity index (χ4v) is 4.44. The number of nitrogens with zero attached hydrogens (tertiary/aromatic N) is 4. The van der Waals surface area contributed by atoms with Gasteiger partial charge in [0, 0.05) is 25.8 Å². The number of urea groups is 1. The summed E-state index contributed by atoms with van der Waals surface area (Å²) < 4.78 is 13.1. The van der Waals surface area contributed by atoms with E-state index in [-0.39, 0.29) is 24.3 Å². The summed E-state index contributed by atoms with van der Waals surface area (Å²) in [6.45, 7) is 5.53. The number of benzene rings is 1. The lowest BCUT2D eigenvalue weighted by molar-refractivity contribution is 0.0954. The second-order valence-electron chi connectivity index (χ2n) is 7.41. The molecule has 0 bridgehead atoms. The molecule has 9 heteroatoms. The van der Waals surface area contributed by atoms with Crippen molar-refractivity contribution < 1.29 is 14.0 Å². The van der Waals surface area contributed by atoms with Crippen LogP contribution < -0.4 is 10.2 Å². The van der Waals surface area contributed by atoms with Crippen LogP contribution in [-0.2, 0) is 13.1 Å². The van der Waals surface area contributed by atoms with Crippen molar-refractivity contribution in [2.45, 2.75) is 26.9 Å². The number of thiophene rings is 1. The van der Waals surface area contributed by atoms with Gasteiger partial charge in [0.25, 0.3) is 5.91 Å². The van der Waals surface area contributed by atoms with Crippen LogP contribution in [0.25, 0.3) is 0 Å². The Bertz CT molecular complexity index is 1100. The van der Waals surface area contributed by atoms with Crippen molar-refractivity contribution in [1.82, 2.24) is 20.2 Å². The summed E-state index contributed by atoms with van der Waals surface area (Å²) >= 11 is 1.30. The molecule has 1 aromatic carbocycles. The average Bonchev–Trinajstić information content (AvgIpc) is 3.31. The van der Waals surface area contributed by atoms with Crippen molar-refractivity contribution in [3.8, 4) is 0 Å². The van der Waals surface area contributed by atoms with Crippen LogP contribution in [0.3, 0.4) is 0 Å². The summed E-state index contributed by atoms with van der Waals surface area (Å²) in [5.74, 6) is -0.502. The van der Waals surface area contributed by atoms with E-state index in [9.17, 15) is 14.0 Å². The van der Waals surface area contributed by atoms with Gasteiger partial charge in [-0.25, -0.2) is 9.18 Å². The molecule has 1 aliphatic heterocycles. The summed E-state index contributed by atoms with van der Waals surface area (Å²) in [7, 11) is 0. The Labute approximate surface area is 183 Å². The number of nitrogens with one attached hydrogen (secondary N) is 1. The van der Waals surface area contributed by atoms with Gasteiger partial charge in [-0.1, -0.05) is 12.1 Å². The molecular weight excluding hydrogens is 417 g/mol. The zero-order chi connectivity index (χ0) is 22.0. The van der Waals surface area contributed by atoms with Crippen molar-refractivity contribution in [2.75, 3.05) is 18.0 Å². The van der Waals surface area contributed by atoms with Crippen LogP contribution in [-0.4, -0.2) is 39.9 Å². The van der Waals surface area contributed by atoms with Gasteiger partial charge in [0.15, 0.2) is 0 Å². The molecule has 3 amide bonds. The first-order chi connectivity index (χ1) is 14.9. The first-order valence-corrected chi connectivity index (χ1v) is 10.7. The minimum absolute atomic E-state index is 0.118. The molecule has 1 fully saturated rings. The van der Waals surface area contributed by atoms with Gasteiger partial charge in [-0.15, -0.1) is 11.3 Å². The highest BCUT2D eigenvalue weighted by molar-refractivity contribution is 7.18. The third kappa shape index (κ3) is 4.72. The number of hydrogen-bond donors (Lipinski definition) is 1. The number of carbonyl (C=O) groups is 2. The van der Waals surface area contributed by atoms with Gasteiger partial charge in [-0.05, 0) is 43.2 Å². The Morgan fingerprint density at radius 2 is 1.94 bits per heavy atom. The molecule has 2 aromatic heterocycles. The molecule has 0 saturated carbocycles. The maximum absolute atomic E-state index is 13.1. The van der Waals surface area contributed by atoms with E-state index < -0.39 is 0 Å². The lowest BCUT2D eigenvalue weighted by atomic mass is 10.2. The largest absolute Gasteiger partial charge is 0.346 e. The third-order valence-electron chi connectivity index (χ3n) is 5.02. The zero-order valence-corrected chi connectivity index (χ0v) is 18.1. The predicted octanol–water partition coefficient (Wildman–Crippen LogP) is 3.67. The van der Waals surface area contributed by atoms with Crippen molar-refractivity contribution in [1.29, 1.82) is 0 Å². The van der Waals surface area contributed by atoms with Crippen molar-refractivity contribution in [2.24, 2.45) is 0 Å². The number of carbonyl (C=O) groups excluding carboxylic acids is 2. The first-order valence-electron chi connectivity index (χ1n) is 9.88. The molecular formula is C22H22FN5O2S. The molecule has 0 spiro atoms. The van der Waals surface area contributed by atoms with Gasteiger partial charge in [-0.2, -0.15) is 0 Å². The molecule has 0 unspecified atom stereocenters. The summed E-state index contributed by atoms with van der Waals surface area (Å²) in [5, 5.41) is 3.60. The van der Waals surface area contributed by atoms with E-state index in [1.807, 2.05) is 19.9 Å². The number of aryl methyl sites for hydroxylation is 2. The van der Waals surface area contributed by atoms with Crippen LogP contribution in [0, 0.1) is 19.7 Å². The molecule has 160 valence electrons. The second kappa shape index (κ2) is 8.81. The molecule has 1 N–H and O–H groups in total. The number of anilines is 1. The summed E-state index contributed by atoms with van der Waals surface area (Å²) in [6.07, 6.45) is 3.30. The standard InChI is InChI=1S/C22H22FN5O2S/c1-14-9-19(31-20(14)21(29)26-12-18-11-24-15(2)10-25-18)28-8-7-27(22(28)30)13-16-3-5-17(23)6-4-16/h3-6,9-11H,7-8,12-13H2,1-2H3,(H,26,29). The van der Waals surface area contributed by atoms with Crippen LogP contribution in [0.2, 0.25) is 0 Å². The lowest BCUT2D eigenvalue weighted by Gasteiger charge is -2.17. The van der Waals surface area contributed by atoms with Crippen molar-refractivity contribution in [3.05, 3.63) is 75.9 Å². The summed E-state index contributed by atoms with van der Waals surface area (Å²) in [5.41, 5.74) is 3.19. The average molecular weight is 440 g/mol. The van der Waals surface area contributed by atoms with E-state index in [0.717, 1.165) is 21.8 Å². The first kappa shape index (κ1) is 20.9. The normalized spacial score (nSPS) is 13.7. The summed E-state index contributed by atoms with van der Waals surface area (Å²) in [6, 6.07) is 7.90. The number of amides is 3. The smallest absolute Gasteiger partial charge is 0.325 e. The van der Waals surface area contributed by atoms with Crippen LogP contribution in [0.4, 0.5) is 14.2 Å². The van der Waals surface area contributed by atoms with E-state index in [1.165, 1.54) is 23.5 Å². The minimum atomic E-state index is -0.299. The highest BCUT2D eigenvalue weighted by atomic mass is 32.1. The Balaban J connectivity index is 1.40. The third-order valence-corrected chi connectivity index (χ3v) is 6.28. The van der Waals surface area contributed by atoms with Gasteiger partial charge in [0.05, 0.1) is 29.0 Å². The van der Waals surface area contributed by atoms with Gasteiger partial charge in [0.1, 0.15) is 10.8 Å². The monoisotopic (exact) mass is 439 g/mol. The maximum atomic E-state index is 13.1. The van der Waals surface area contributed by atoms with Crippen LogP contribution >= 0.6 is 11.3 Å². The highest BCUT2D eigenvalue weighted by Gasteiger charge is 2.31. The lowest BCUT2D eigenvalue weighted by Crippen LogP contribution is -2.31. The predicted molar refractivity (Wildman–Crippen MR) is 117 cm³/mol. The Morgan fingerprint density at radius 1 is 1.16 bits per heavy atom. The summed E-state index contributed by atoms with van der Waals surface area (Å²) in [4.78, 5) is 37.9. The van der Waals surface area contributed by atoms with E-state index >= 15 is 0 Å². The van der Waals surface area contributed by atoms with E-state index in [0.29, 0.717) is 30.2 Å². The number of aromatic nitrogens is 2. The number of rotatable bonds is 6. The minimum Gasteiger partial charge on any atom is -0.346 e. The highest BCUT2D eigenvalue weighted by Crippen LogP contribution is 2.32. The van der Waals surface area contributed by atoms with E-state index in [4.69, 9.17) is 0 Å². The van der Waals surface area contributed by atoms with Gasteiger partial charge in [0.2, 0.25) is 0 Å². The fourth-order valence-electron chi connectivity index (χ4n) is 3.33. The molecule has 4 rings (SSSR count). The molecule has 31 heavy (non-hydrogen) atoms. The van der Waals surface area contributed by atoms with Crippen molar-refractivity contribution >= 4 is 28.3 Å². The Hall–Kier alpha value is -3.33. The molecule has 0 aliphatic carbocycles. The molecule has 0 atom stereocenters.